The maximum absolute atomic E-state index is 2.41. The molecule has 7 aromatic carbocycles. The lowest BCUT2D eigenvalue weighted by molar-refractivity contribution is 0.714. The Labute approximate surface area is 265 Å². The molecule has 1 unspecified atom stereocenters. The molecular weight excluding hydrogens is 542 g/mol. The van der Waals surface area contributed by atoms with Crippen LogP contribution in [0.15, 0.2) is 182 Å². The van der Waals surface area contributed by atoms with Crippen LogP contribution in [0.5, 0.6) is 0 Å². The SMILES string of the molecule is CC1(c2ccccc2)c2ccccc2-c2cc(N(c3ccc(-c4ccccc4)cc3)c3ccccc3-c3ccccc3)ccc21. The molecule has 1 aliphatic carbocycles. The average Bonchev–Trinajstić information content (AvgIpc) is 3.38. The lowest BCUT2D eigenvalue weighted by Gasteiger charge is -2.30. The Morgan fingerprint density at radius 2 is 0.889 bits per heavy atom. The highest BCUT2D eigenvalue weighted by atomic mass is 15.1. The summed E-state index contributed by atoms with van der Waals surface area (Å²) in [6.07, 6.45) is 0. The molecule has 0 amide bonds. The highest BCUT2D eigenvalue weighted by molar-refractivity contribution is 5.92. The summed E-state index contributed by atoms with van der Waals surface area (Å²) in [5, 5.41) is 0. The van der Waals surface area contributed by atoms with Crippen molar-refractivity contribution in [2.75, 3.05) is 4.90 Å². The van der Waals surface area contributed by atoms with Gasteiger partial charge in [0.1, 0.15) is 0 Å². The summed E-state index contributed by atoms with van der Waals surface area (Å²) < 4.78 is 0. The predicted molar refractivity (Wildman–Crippen MR) is 189 cm³/mol. The van der Waals surface area contributed by atoms with Crippen LogP contribution >= 0.6 is 0 Å². The fraction of sp³-hybridized carbons (Fsp3) is 0.0455. The molecule has 0 heterocycles. The van der Waals surface area contributed by atoms with Gasteiger partial charge in [-0.25, -0.2) is 0 Å². The first-order valence-corrected chi connectivity index (χ1v) is 15.6. The van der Waals surface area contributed by atoms with Gasteiger partial charge in [-0.2, -0.15) is 0 Å². The smallest absolute Gasteiger partial charge is 0.0540 e. The summed E-state index contributed by atoms with van der Waals surface area (Å²) in [6, 6.07) is 65.9. The number of fused-ring (bicyclic) bond motifs is 3. The van der Waals surface area contributed by atoms with Crippen molar-refractivity contribution >= 4 is 17.1 Å². The Morgan fingerprint density at radius 1 is 0.378 bits per heavy atom. The molecule has 0 aromatic heterocycles. The number of hydrogen-bond acceptors (Lipinski definition) is 1. The van der Waals surface area contributed by atoms with Gasteiger partial charge < -0.3 is 4.90 Å². The molecule has 8 rings (SSSR count). The number of hydrogen-bond donors (Lipinski definition) is 0. The molecule has 1 atom stereocenters. The fourth-order valence-electron chi connectivity index (χ4n) is 7.10. The Bertz CT molecular complexity index is 2100. The van der Waals surface area contributed by atoms with E-state index in [4.69, 9.17) is 0 Å². The van der Waals surface area contributed by atoms with E-state index in [2.05, 4.69) is 194 Å². The van der Waals surface area contributed by atoms with Gasteiger partial charge in [-0.3, -0.25) is 0 Å². The van der Waals surface area contributed by atoms with E-state index in [9.17, 15) is 0 Å². The quantitative estimate of drug-likeness (QED) is 0.191. The van der Waals surface area contributed by atoms with Crippen molar-refractivity contribution in [3.63, 3.8) is 0 Å². The van der Waals surface area contributed by atoms with Crippen molar-refractivity contribution in [2.45, 2.75) is 12.3 Å². The van der Waals surface area contributed by atoms with Crippen LogP contribution in [0.2, 0.25) is 0 Å². The molecule has 1 heteroatoms. The van der Waals surface area contributed by atoms with E-state index in [1.165, 1.54) is 50.1 Å². The first-order valence-electron chi connectivity index (χ1n) is 15.6. The van der Waals surface area contributed by atoms with E-state index < -0.39 is 0 Å². The summed E-state index contributed by atoms with van der Waals surface area (Å²) >= 11 is 0. The molecule has 1 aliphatic rings. The monoisotopic (exact) mass is 575 g/mol. The van der Waals surface area contributed by atoms with Crippen molar-refractivity contribution in [1.29, 1.82) is 0 Å². The average molecular weight is 576 g/mol. The third-order valence-corrected chi connectivity index (χ3v) is 9.37. The van der Waals surface area contributed by atoms with Crippen LogP contribution in [0.4, 0.5) is 17.1 Å². The van der Waals surface area contributed by atoms with Crippen molar-refractivity contribution in [3.05, 3.63) is 199 Å². The maximum atomic E-state index is 2.41. The van der Waals surface area contributed by atoms with E-state index in [1.54, 1.807) is 0 Å². The van der Waals surface area contributed by atoms with Crippen LogP contribution in [-0.2, 0) is 5.41 Å². The fourth-order valence-corrected chi connectivity index (χ4v) is 7.10. The molecule has 1 nitrogen and oxygen atoms in total. The van der Waals surface area contributed by atoms with Gasteiger partial charge in [0.2, 0.25) is 0 Å². The number of nitrogens with zero attached hydrogens (tertiary/aromatic N) is 1. The third kappa shape index (κ3) is 4.56. The maximum Gasteiger partial charge on any atom is 0.0540 e. The number of rotatable bonds is 6. The second-order valence-electron chi connectivity index (χ2n) is 11.9. The van der Waals surface area contributed by atoms with Gasteiger partial charge in [0.15, 0.2) is 0 Å². The molecule has 214 valence electrons. The largest absolute Gasteiger partial charge is 0.310 e. The van der Waals surface area contributed by atoms with Crippen LogP contribution in [0.3, 0.4) is 0 Å². The van der Waals surface area contributed by atoms with Crippen LogP contribution in [0.25, 0.3) is 33.4 Å². The van der Waals surface area contributed by atoms with E-state index in [-0.39, 0.29) is 5.41 Å². The second kappa shape index (κ2) is 11.1. The van der Waals surface area contributed by atoms with E-state index in [0.29, 0.717) is 0 Å². The van der Waals surface area contributed by atoms with Gasteiger partial charge in [-0.05, 0) is 81.8 Å². The van der Waals surface area contributed by atoms with Gasteiger partial charge in [0.05, 0.1) is 5.69 Å². The summed E-state index contributed by atoms with van der Waals surface area (Å²) in [5.74, 6) is 0. The Morgan fingerprint density at radius 3 is 1.60 bits per heavy atom. The van der Waals surface area contributed by atoms with Gasteiger partial charge in [0, 0.05) is 22.4 Å². The number of benzene rings is 7. The minimum absolute atomic E-state index is 0.226. The third-order valence-electron chi connectivity index (χ3n) is 9.37. The molecule has 0 aliphatic heterocycles. The zero-order chi connectivity index (χ0) is 30.2. The molecular formula is C44H33N. The zero-order valence-corrected chi connectivity index (χ0v) is 25.3. The summed E-state index contributed by atoms with van der Waals surface area (Å²) in [6.45, 7) is 2.37. The number of para-hydroxylation sites is 1. The molecule has 0 N–H and O–H groups in total. The highest BCUT2D eigenvalue weighted by Crippen LogP contribution is 2.54. The van der Waals surface area contributed by atoms with E-state index >= 15 is 0 Å². The normalized spacial score (nSPS) is 14.9. The molecule has 0 radical (unpaired) electrons. The molecule has 45 heavy (non-hydrogen) atoms. The van der Waals surface area contributed by atoms with E-state index in [1.807, 2.05) is 0 Å². The molecule has 0 saturated carbocycles. The van der Waals surface area contributed by atoms with Gasteiger partial charge in [-0.15, -0.1) is 0 Å². The van der Waals surface area contributed by atoms with Crippen molar-refractivity contribution < 1.29 is 0 Å². The van der Waals surface area contributed by atoms with E-state index in [0.717, 1.165) is 17.1 Å². The van der Waals surface area contributed by atoms with Crippen molar-refractivity contribution in [2.24, 2.45) is 0 Å². The first kappa shape index (κ1) is 26.9. The lowest BCUT2D eigenvalue weighted by Crippen LogP contribution is -2.22. The Balaban J connectivity index is 1.33. The van der Waals surface area contributed by atoms with Crippen LogP contribution in [0.1, 0.15) is 23.6 Å². The minimum Gasteiger partial charge on any atom is -0.310 e. The molecule has 0 saturated heterocycles. The lowest BCUT2D eigenvalue weighted by atomic mass is 9.74. The number of anilines is 3. The first-order chi connectivity index (χ1) is 22.2. The van der Waals surface area contributed by atoms with Crippen LogP contribution in [0, 0.1) is 0 Å². The van der Waals surface area contributed by atoms with Crippen molar-refractivity contribution in [1.82, 2.24) is 0 Å². The van der Waals surface area contributed by atoms with Gasteiger partial charge in [-0.1, -0.05) is 152 Å². The van der Waals surface area contributed by atoms with Crippen LogP contribution in [-0.4, -0.2) is 0 Å². The summed E-state index contributed by atoms with van der Waals surface area (Å²) in [4.78, 5) is 2.41. The Kier molecular flexibility index (Phi) is 6.65. The second-order valence-corrected chi connectivity index (χ2v) is 11.9. The Hall–Kier alpha value is -5.66. The summed E-state index contributed by atoms with van der Waals surface area (Å²) in [7, 11) is 0. The van der Waals surface area contributed by atoms with Crippen molar-refractivity contribution in [3.8, 4) is 33.4 Å². The molecule has 0 fully saturated rings. The van der Waals surface area contributed by atoms with Crippen LogP contribution < -0.4 is 4.90 Å². The predicted octanol–water partition coefficient (Wildman–Crippen LogP) is 11.8. The standard InChI is InChI=1S/C44H33N/c1-44(35-19-9-4-10-20-35)41-23-13-11-22-39(41)40-31-37(29-30-42(40)44)45(36-27-25-33(26-28-36)32-15-5-2-6-16-32)43-24-14-12-21-38(43)34-17-7-3-8-18-34/h2-31H,1H3. The van der Waals surface area contributed by atoms with Gasteiger partial charge in [0.25, 0.3) is 0 Å². The minimum atomic E-state index is -0.226. The summed E-state index contributed by atoms with van der Waals surface area (Å²) in [5.41, 5.74) is 14.6. The molecule has 7 aromatic rings. The topological polar surface area (TPSA) is 3.24 Å². The zero-order valence-electron chi connectivity index (χ0n) is 25.3. The van der Waals surface area contributed by atoms with Gasteiger partial charge >= 0.3 is 0 Å². The highest BCUT2D eigenvalue weighted by Gasteiger charge is 2.40. The molecule has 0 spiro atoms. The molecule has 0 bridgehead atoms.